The molecule has 0 heterocycles. The number of nitrogens with one attached hydrogen (secondary N) is 1. The van der Waals surface area contributed by atoms with Gasteiger partial charge in [-0.05, 0) is 24.7 Å². The number of hydrogen-bond acceptors (Lipinski definition) is 2. The molecule has 1 rings (SSSR count). The van der Waals surface area contributed by atoms with Gasteiger partial charge >= 0.3 is 5.97 Å². The molecule has 0 spiro atoms. The maximum Gasteiger partial charge on any atom is 0.320 e. The van der Waals surface area contributed by atoms with Crippen molar-refractivity contribution in [3.8, 4) is 0 Å². The molecule has 0 aromatic carbocycles. The standard InChI is InChI=1S/C12H23NO2/c1-8(2)11(12(14)15)13-10-7-5-4-6-9(10)3/h8-11,13H,4-7H2,1-3H3,(H,14,15). The zero-order valence-corrected chi connectivity index (χ0v) is 9.99. The molecule has 3 atom stereocenters. The minimum Gasteiger partial charge on any atom is -0.480 e. The highest BCUT2D eigenvalue weighted by molar-refractivity contribution is 5.73. The van der Waals surface area contributed by atoms with Crippen LogP contribution in [0.4, 0.5) is 0 Å². The van der Waals surface area contributed by atoms with Crippen molar-refractivity contribution >= 4 is 5.97 Å². The molecule has 1 aliphatic rings. The van der Waals surface area contributed by atoms with Gasteiger partial charge in [-0.15, -0.1) is 0 Å². The number of rotatable bonds is 4. The Kier molecular flexibility index (Phi) is 4.58. The van der Waals surface area contributed by atoms with Crippen LogP contribution >= 0.6 is 0 Å². The van der Waals surface area contributed by atoms with Crippen molar-refractivity contribution in [1.29, 1.82) is 0 Å². The second-order valence-electron chi connectivity index (χ2n) is 5.09. The van der Waals surface area contributed by atoms with E-state index in [1.165, 1.54) is 19.3 Å². The first kappa shape index (κ1) is 12.5. The summed E-state index contributed by atoms with van der Waals surface area (Å²) >= 11 is 0. The lowest BCUT2D eigenvalue weighted by atomic mass is 9.85. The second-order valence-corrected chi connectivity index (χ2v) is 5.09. The molecule has 1 saturated carbocycles. The van der Waals surface area contributed by atoms with Crippen molar-refractivity contribution < 1.29 is 9.90 Å². The molecular formula is C12H23NO2. The Morgan fingerprint density at radius 1 is 1.33 bits per heavy atom. The van der Waals surface area contributed by atoms with E-state index < -0.39 is 12.0 Å². The van der Waals surface area contributed by atoms with Gasteiger partial charge in [-0.3, -0.25) is 4.79 Å². The first-order valence-electron chi connectivity index (χ1n) is 6.01. The van der Waals surface area contributed by atoms with Crippen LogP contribution in [0.1, 0.15) is 46.5 Å². The van der Waals surface area contributed by atoms with Crippen LogP contribution in [0, 0.1) is 11.8 Å². The molecule has 0 amide bonds. The number of carboxylic acid groups (broad SMARTS) is 1. The highest BCUT2D eigenvalue weighted by Gasteiger charge is 2.28. The van der Waals surface area contributed by atoms with Crippen LogP contribution in [0.5, 0.6) is 0 Å². The van der Waals surface area contributed by atoms with Crippen molar-refractivity contribution in [1.82, 2.24) is 5.32 Å². The van der Waals surface area contributed by atoms with Crippen molar-refractivity contribution in [2.24, 2.45) is 11.8 Å². The van der Waals surface area contributed by atoms with E-state index in [-0.39, 0.29) is 5.92 Å². The van der Waals surface area contributed by atoms with E-state index >= 15 is 0 Å². The van der Waals surface area contributed by atoms with Crippen LogP contribution in [0.3, 0.4) is 0 Å². The number of carboxylic acids is 1. The van der Waals surface area contributed by atoms with Crippen LogP contribution in [-0.2, 0) is 4.79 Å². The Labute approximate surface area is 92.3 Å². The lowest BCUT2D eigenvalue weighted by Crippen LogP contribution is -2.49. The quantitative estimate of drug-likeness (QED) is 0.753. The molecule has 1 aliphatic carbocycles. The fourth-order valence-electron chi connectivity index (χ4n) is 2.34. The summed E-state index contributed by atoms with van der Waals surface area (Å²) in [5, 5.41) is 12.4. The van der Waals surface area contributed by atoms with E-state index in [0.717, 1.165) is 6.42 Å². The molecule has 2 N–H and O–H groups in total. The van der Waals surface area contributed by atoms with E-state index in [1.807, 2.05) is 13.8 Å². The van der Waals surface area contributed by atoms with Crippen LogP contribution in [0.25, 0.3) is 0 Å². The van der Waals surface area contributed by atoms with Gasteiger partial charge in [-0.1, -0.05) is 33.6 Å². The van der Waals surface area contributed by atoms with E-state index in [0.29, 0.717) is 12.0 Å². The molecule has 0 aromatic rings. The third-order valence-electron chi connectivity index (χ3n) is 3.44. The summed E-state index contributed by atoms with van der Waals surface area (Å²) in [6.07, 6.45) is 4.87. The average Bonchev–Trinajstić information content (AvgIpc) is 2.15. The molecule has 0 aromatic heterocycles. The highest BCUT2D eigenvalue weighted by Crippen LogP contribution is 2.24. The van der Waals surface area contributed by atoms with Gasteiger partial charge in [0.1, 0.15) is 6.04 Å². The van der Waals surface area contributed by atoms with Crippen LogP contribution in [-0.4, -0.2) is 23.2 Å². The third-order valence-corrected chi connectivity index (χ3v) is 3.44. The zero-order chi connectivity index (χ0) is 11.4. The lowest BCUT2D eigenvalue weighted by molar-refractivity contribution is -0.141. The van der Waals surface area contributed by atoms with Crippen molar-refractivity contribution in [3.63, 3.8) is 0 Å². The number of carbonyl (C=O) groups is 1. The Morgan fingerprint density at radius 2 is 1.93 bits per heavy atom. The van der Waals surface area contributed by atoms with Gasteiger partial charge in [0.15, 0.2) is 0 Å². The molecule has 88 valence electrons. The second kappa shape index (κ2) is 5.50. The first-order chi connectivity index (χ1) is 7.02. The first-order valence-corrected chi connectivity index (χ1v) is 6.01. The minimum absolute atomic E-state index is 0.150. The van der Waals surface area contributed by atoms with Gasteiger partial charge in [0.2, 0.25) is 0 Å². The Balaban J connectivity index is 2.52. The van der Waals surface area contributed by atoms with E-state index in [4.69, 9.17) is 5.11 Å². The molecular weight excluding hydrogens is 190 g/mol. The van der Waals surface area contributed by atoms with Gasteiger partial charge in [0.05, 0.1) is 0 Å². The van der Waals surface area contributed by atoms with Gasteiger partial charge in [0, 0.05) is 6.04 Å². The van der Waals surface area contributed by atoms with Gasteiger partial charge < -0.3 is 10.4 Å². The molecule has 3 nitrogen and oxygen atoms in total. The normalized spacial score (nSPS) is 29.1. The topological polar surface area (TPSA) is 49.3 Å². The predicted molar refractivity (Wildman–Crippen MR) is 60.8 cm³/mol. The monoisotopic (exact) mass is 213 g/mol. The maximum absolute atomic E-state index is 11.1. The predicted octanol–water partition coefficient (Wildman–Crippen LogP) is 2.26. The summed E-state index contributed by atoms with van der Waals surface area (Å²) in [4.78, 5) is 11.1. The van der Waals surface area contributed by atoms with Crippen molar-refractivity contribution in [3.05, 3.63) is 0 Å². The maximum atomic E-state index is 11.1. The molecule has 3 unspecified atom stereocenters. The Hall–Kier alpha value is -0.570. The van der Waals surface area contributed by atoms with E-state index in [2.05, 4.69) is 12.2 Å². The van der Waals surface area contributed by atoms with Crippen LogP contribution < -0.4 is 5.32 Å². The van der Waals surface area contributed by atoms with Crippen LogP contribution in [0.2, 0.25) is 0 Å². The van der Waals surface area contributed by atoms with Gasteiger partial charge in [-0.2, -0.15) is 0 Å². The smallest absolute Gasteiger partial charge is 0.320 e. The summed E-state index contributed by atoms with van der Waals surface area (Å²) < 4.78 is 0. The summed E-state index contributed by atoms with van der Waals surface area (Å²) in [5.41, 5.74) is 0. The van der Waals surface area contributed by atoms with E-state index in [1.54, 1.807) is 0 Å². The largest absolute Gasteiger partial charge is 0.480 e. The SMILES string of the molecule is CC(C)C(NC1CCCCC1C)C(=O)O. The molecule has 0 aliphatic heterocycles. The molecule has 15 heavy (non-hydrogen) atoms. The fourth-order valence-corrected chi connectivity index (χ4v) is 2.34. The third kappa shape index (κ3) is 3.49. The molecule has 0 bridgehead atoms. The number of aliphatic carboxylic acids is 1. The zero-order valence-electron chi connectivity index (χ0n) is 9.99. The molecule has 0 saturated heterocycles. The average molecular weight is 213 g/mol. The summed E-state index contributed by atoms with van der Waals surface area (Å²) in [6.45, 7) is 6.13. The van der Waals surface area contributed by atoms with Crippen molar-refractivity contribution in [2.45, 2.75) is 58.5 Å². The van der Waals surface area contributed by atoms with Crippen molar-refractivity contribution in [2.75, 3.05) is 0 Å². The lowest BCUT2D eigenvalue weighted by Gasteiger charge is -2.33. The number of hydrogen-bond donors (Lipinski definition) is 2. The highest BCUT2D eigenvalue weighted by atomic mass is 16.4. The minimum atomic E-state index is -0.720. The van der Waals surface area contributed by atoms with Gasteiger partial charge in [-0.25, -0.2) is 0 Å². The Bertz CT molecular complexity index is 216. The fraction of sp³-hybridized carbons (Fsp3) is 0.917. The summed E-state index contributed by atoms with van der Waals surface area (Å²) in [5.74, 6) is 0.0405. The summed E-state index contributed by atoms with van der Waals surface area (Å²) in [6, 6.07) is -0.00204. The molecule has 3 heteroatoms. The van der Waals surface area contributed by atoms with E-state index in [9.17, 15) is 4.79 Å². The van der Waals surface area contributed by atoms with Crippen LogP contribution in [0.15, 0.2) is 0 Å². The van der Waals surface area contributed by atoms with Gasteiger partial charge in [0.25, 0.3) is 0 Å². The Morgan fingerprint density at radius 3 is 2.40 bits per heavy atom. The summed E-state index contributed by atoms with van der Waals surface area (Å²) in [7, 11) is 0. The molecule has 0 radical (unpaired) electrons. The molecule has 1 fully saturated rings.